The molecule has 0 saturated heterocycles. The van der Waals surface area contributed by atoms with Crippen molar-refractivity contribution < 1.29 is 14.5 Å². The van der Waals surface area contributed by atoms with E-state index >= 15 is 0 Å². The van der Waals surface area contributed by atoms with Crippen molar-refractivity contribution in [1.82, 2.24) is 5.43 Å². The number of H-pyrrole nitrogens is 1. The van der Waals surface area contributed by atoms with Gasteiger partial charge in [0.25, 0.3) is 10.8 Å². The molecule has 0 bridgehead atoms. The van der Waals surface area contributed by atoms with Crippen LogP contribution in [-0.4, -0.2) is 18.7 Å². The summed E-state index contributed by atoms with van der Waals surface area (Å²) < 4.78 is 5.11. The van der Waals surface area contributed by atoms with E-state index in [-0.39, 0.29) is 26.6 Å². The number of hydrazone groups is 1. The Morgan fingerprint density at radius 1 is 1.24 bits per heavy atom. The molecule has 0 radical (unpaired) electrons. The number of carbonyl (C=O) groups is 1. The van der Waals surface area contributed by atoms with Gasteiger partial charge >= 0.3 is 5.91 Å². The maximum absolute atomic E-state index is 12.2. The zero-order valence-corrected chi connectivity index (χ0v) is 15.8. The molecule has 132 valence electrons. The van der Waals surface area contributed by atoms with E-state index in [9.17, 15) is 4.79 Å². The Labute approximate surface area is 159 Å². The van der Waals surface area contributed by atoms with E-state index in [0.717, 1.165) is 11.3 Å². The van der Waals surface area contributed by atoms with Crippen LogP contribution >= 0.6 is 34.8 Å². The molecule has 0 unspecified atom stereocenters. The molecule has 25 heavy (non-hydrogen) atoms. The zero-order chi connectivity index (χ0) is 18.6. The molecule has 1 aromatic carbocycles. The molecule has 0 aliphatic rings. The number of pyridine rings is 1. The highest BCUT2D eigenvalue weighted by Gasteiger charge is 2.25. The van der Waals surface area contributed by atoms with Crippen LogP contribution in [0.1, 0.15) is 23.0 Å². The lowest BCUT2D eigenvalue weighted by atomic mass is 10.1. The Balaban J connectivity index is 2.08. The maximum Gasteiger partial charge on any atom is 0.337 e. The van der Waals surface area contributed by atoms with E-state index in [4.69, 9.17) is 45.3 Å². The number of rotatable bonds is 5. The summed E-state index contributed by atoms with van der Waals surface area (Å²) in [4.78, 5) is 14.8. The third kappa shape index (κ3) is 4.75. The summed E-state index contributed by atoms with van der Waals surface area (Å²) in [7, 11) is 1.61. The van der Waals surface area contributed by atoms with Gasteiger partial charge in [0, 0.05) is 12.1 Å². The maximum atomic E-state index is 12.2. The number of aromatic amines is 1. The minimum Gasteiger partial charge on any atom is -0.497 e. The number of aromatic nitrogens is 1. The van der Waals surface area contributed by atoms with Crippen LogP contribution in [0.25, 0.3) is 0 Å². The second kappa shape index (κ2) is 8.38. The highest BCUT2D eigenvalue weighted by atomic mass is 35.5. The minimum absolute atomic E-state index is 0.0186. The van der Waals surface area contributed by atoms with E-state index < -0.39 is 5.91 Å². The van der Waals surface area contributed by atoms with Crippen molar-refractivity contribution in [2.24, 2.45) is 5.10 Å². The number of amides is 1. The van der Waals surface area contributed by atoms with Crippen LogP contribution in [0.15, 0.2) is 29.4 Å². The smallest absolute Gasteiger partial charge is 0.337 e. The van der Waals surface area contributed by atoms with E-state index in [0.29, 0.717) is 12.1 Å². The van der Waals surface area contributed by atoms with E-state index in [1.165, 1.54) is 0 Å². The standard InChI is InChI=1S/C16H15Cl3N4O2/c1-8(7-9-3-5-10(25-2)6-4-9)22-23-16(24)14-11(17)13(20)12(18)15(19)21-14/h3-6H,7H2,1-2H3,(H2,20,21)(H,23,24)/p+1/b22-8+. The number of nitrogens with one attached hydrogen (secondary N) is 2. The molecule has 0 spiro atoms. The van der Waals surface area contributed by atoms with Gasteiger partial charge in [-0.2, -0.15) is 10.1 Å². The van der Waals surface area contributed by atoms with Gasteiger partial charge in [0.15, 0.2) is 0 Å². The molecule has 0 fully saturated rings. The second-order valence-electron chi connectivity index (χ2n) is 5.17. The Morgan fingerprint density at radius 2 is 1.88 bits per heavy atom. The Kier molecular flexibility index (Phi) is 6.47. The summed E-state index contributed by atoms with van der Waals surface area (Å²) in [5.74, 6) is 0.193. The van der Waals surface area contributed by atoms with Gasteiger partial charge < -0.3 is 10.5 Å². The number of hydrogen-bond donors (Lipinski definition) is 2. The molecule has 0 aliphatic heterocycles. The molecule has 1 aromatic heterocycles. The fraction of sp³-hybridized carbons (Fsp3) is 0.188. The minimum atomic E-state index is -0.579. The molecule has 2 rings (SSSR count). The van der Waals surface area contributed by atoms with Gasteiger partial charge in [-0.05, 0) is 36.2 Å². The number of hydrogen-bond acceptors (Lipinski definition) is 4. The number of nitrogen functional groups attached to an aromatic ring is 1. The lowest BCUT2D eigenvalue weighted by molar-refractivity contribution is -0.379. The average molecular weight is 403 g/mol. The fourth-order valence-electron chi connectivity index (χ4n) is 2.01. The fourth-order valence-corrected chi connectivity index (χ4v) is 2.62. The second-order valence-corrected chi connectivity index (χ2v) is 6.30. The summed E-state index contributed by atoms with van der Waals surface area (Å²) in [6, 6.07) is 7.55. The first-order valence-corrected chi connectivity index (χ1v) is 8.28. The number of nitrogens with two attached hydrogens (primary N) is 1. The molecule has 0 atom stereocenters. The van der Waals surface area contributed by atoms with Gasteiger partial charge in [-0.25, -0.2) is 5.43 Å². The molecule has 0 saturated carbocycles. The normalized spacial score (nSPS) is 11.3. The summed E-state index contributed by atoms with van der Waals surface area (Å²) in [5, 5.41) is 4.11. The highest BCUT2D eigenvalue weighted by molar-refractivity contribution is 6.45. The number of methoxy groups -OCH3 is 1. The molecule has 6 nitrogen and oxygen atoms in total. The van der Waals surface area contributed by atoms with Crippen LogP contribution in [0.2, 0.25) is 15.2 Å². The largest absolute Gasteiger partial charge is 0.497 e. The molecular weight excluding hydrogens is 387 g/mol. The van der Waals surface area contributed by atoms with E-state index in [2.05, 4.69) is 15.5 Å². The summed E-state index contributed by atoms with van der Waals surface area (Å²) >= 11 is 17.8. The predicted octanol–water partition coefficient (Wildman–Crippen LogP) is 3.40. The lowest BCUT2D eigenvalue weighted by Crippen LogP contribution is -2.29. The zero-order valence-electron chi connectivity index (χ0n) is 13.5. The van der Waals surface area contributed by atoms with Gasteiger partial charge in [-0.1, -0.05) is 35.3 Å². The topological polar surface area (TPSA) is 90.8 Å². The summed E-state index contributed by atoms with van der Waals surface area (Å²) in [6.07, 6.45) is 0.561. The lowest BCUT2D eigenvalue weighted by Gasteiger charge is -2.05. The number of ether oxygens (including phenoxy) is 1. The third-order valence-corrected chi connectivity index (χ3v) is 4.48. The van der Waals surface area contributed by atoms with Gasteiger partial charge in [0.05, 0.1) is 12.8 Å². The molecule has 0 aliphatic carbocycles. The van der Waals surface area contributed by atoms with Crippen LogP contribution in [0.5, 0.6) is 5.75 Å². The SMILES string of the molecule is COc1ccc(C/C(C)=N/NC(=O)c2[nH+]c(Cl)c(Cl)c(N)c2Cl)cc1. The third-order valence-electron chi connectivity index (χ3n) is 3.31. The number of nitrogens with zero attached hydrogens (tertiary/aromatic N) is 1. The van der Waals surface area contributed by atoms with Crippen LogP contribution in [-0.2, 0) is 6.42 Å². The Hall–Kier alpha value is -2.02. The molecule has 4 N–H and O–H groups in total. The van der Waals surface area contributed by atoms with E-state index in [1.807, 2.05) is 24.3 Å². The summed E-state index contributed by atoms with van der Waals surface area (Å²) in [6.45, 7) is 1.79. The summed E-state index contributed by atoms with van der Waals surface area (Å²) in [5.41, 5.74) is 9.85. The Morgan fingerprint density at radius 3 is 2.48 bits per heavy atom. The number of halogens is 3. The van der Waals surface area contributed by atoms with Crippen molar-refractivity contribution in [3.8, 4) is 5.75 Å². The molecular formula is C16H16Cl3N4O2+. The van der Waals surface area contributed by atoms with Crippen molar-refractivity contribution in [1.29, 1.82) is 0 Å². The number of carbonyl (C=O) groups excluding carboxylic acids is 1. The number of anilines is 1. The van der Waals surface area contributed by atoms with Crippen molar-refractivity contribution in [3.05, 3.63) is 50.7 Å². The first-order chi connectivity index (χ1) is 11.8. The molecule has 9 heteroatoms. The first kappa shape index (κ1) is 19.3. The predicted molar refractivity (Wildman–Crippen MR) is 99.7 cm³/mol. The first-order valence-electron chi connectivity index (χ1n) is 7.15. The van der Waals surface area contributed by atoms with Gasteiger partial charge in [-0.3, -0.25) is 4.79 Å². The number of benzene rings is 1. The quantitative estimate of drug-likeness (QED) is 0.456. The highest BCUT2D eigenvalue weighted by Crippen LogP contribution is 2.31. The monoisotopic (exact) mass is 401 g/mol. The van der Waals surface area contributed by atoms with Crippen molar-refractivity contribution in [2.45, 2.75) is 13.3 Å². The van der Waals surface area contributed by atoms with Crippen molar-refractivity contribution in [3.63, 3.8) is 0 Å². The van der Waals surface area contributed by atoms with Gasteiger partial charge in [0.2, 0.25) is 0 Å². The molecule has 2 aromatic rings. The van der Waals surface area contributed by atoms with Crippen LogP contribution in [0.3, 0.4) is 0 Å². The van der Waals surface area contributed by atoms with Gasteiger partial charge in [0.1, 0.15) is 15.8 Å². The van der Waals surface area contributed by atoms with Gasteiger partial charge in [-0.15, -0.1) is 0 Å². The molecule has 1 heterocycles. The van der Waals surface area contributed by atoms with Crippen LogP contribution in [0.4, 0.5) is 5.69 Å². The van der Waals surface area contributed by atoms with Crippen LogP contribution in [0, 0.1) is 0 Å². The Bertz CT molecular complexity index is 823. The van der Waals surface area contributed by atoms with Crippen molar-refractivity contribution >= 4 is 52.1 Å². The van der Waals surface area contributed by atoms with Crippen molar-refractivity contribution in [2.75, 3.05) is 12.8 Å². The average Bonchev–Trinajstić information content (AvgIpc) is 2.61. The molecule has 1 amide bonds. The van der Waals surface area contributed by atoms with Crippen LogP contribution < -0.4 is 20.9 Å². The van der Waals surface area contributed by atoms with E-state index in [1.54, 1.807) is 14.0 Å².